The molecule has 0 saturated carbocycles. The lowest BCUT2D eigenvalue weighted by Crippen LogP contribution is -2.25. The van der Waals surface area contributed by atoms with Crippen molar-refractivity contribution in [1.29, 1.82) is 0 Å². The van der Waals surface area contributed by atoms with Gasteiger partial charge in [-0.25, -0.2) is 14.1 Å². The minimum Gasteiger partial charge on any atom is -0.619 e. The maximum Gasteiger partial charge on any atom is 0.421 e. The molecule has 1 aliphatic rings. The normalized spacial score (nSPS) is 17.8. The Balaban J connectivity index is 1.94. The van der Waals surface area contributed by atoms with Crippen molar-refractivity contribution < 1.29 is 27.8 Å². The smallest absolute Gasteiger partial charge is 0.421 e. The van der Waals surface area contributed by atoms with Crippen molar-refractivity contribution in [3.63, 3.8) is 0 Å². The molecule has 1 aromatic carbocycles. The summed E-state index contributed by atoms with van der Waals surface area (Å²) in [5.41, 5.74) is 1.42. The van der Waals surface area contributed by atoms with Crippen LogP contribution in [0.1, 0.15) is 11.1 Å². The van der Waals surface area contributed by atoms with E-state index in [2.05, 4.69) is 4.99 Å². The van der Waals surface area contributed by atoms with Crippen LogP contribution < -0.4 is 9.04 Å². The predicted molar refractivity (Wildman–Crippen MR) is 92.8 cm³/mol. The Morgan fingerprint density at radius 3 is 2.54 bits per heavy atom. The molecule has 1 amide bonds. The monoisotopic (exact) mass is 383 g/mol. The summed E-state index contributed by atoms with van der Waals surface area (Å²) in [7, 11) is 0. The van der Waals surface area contributed by atoms with Crippen molar-refractivity contribution in [3.8, 4) is 0 Å². The van der Waals surface area contributed by atoms with E-state index in [0.29, 0.717) is 16.0 Å². The molecule has 0 radical (unpaired) electrons. The number of carbonyl (C=O) groups is 1. The Morgan fingerprint density at radius 2 is 1.92 bits per heavy atom. The number of carboxylic acid groups (broad SMARTS) is 1. The van der Waals surface area contributed by atoms with Crippen LogP contribution in [-0.4, -0.2) is 16.7 Å². The van der Waals surface area contributed by atoms with Gasteiger partial charge in [-0.05, 0) is 18.2 Å². The largest absolute Gasteiger partial charge is 0.619 e. The van der Waals surface area contributed by atoms with Gasteiger partial charge in [0.1, 0.15) is 0 Å². The second kappa shape index (κ2) is 6.71. The number of nitrogens with zero attached hydrogens (tertiary/aromatic N) is 3. The third-order valence-corrected chi connectivity index (χ3v) is 5.22. The molecule has 0 saturated heterocycles. The Kier molecular flexibility index (Phi) is 4.60. The Labute approximate surface area is 148 Å². The highest BCUT2D eigenvalue weighted by Crippen LogP contribution is 2.43. The van der Waals surface area contributed by atoms with Crippen LogP contribution >= 0.6 is 11.1 Å². The van der Waals surface area contributed by atoms with Crippen molar-refractivity contribution in [3.05, 3.63) is 70.5 Å². The van der Waals surface area contributed by atoms with Crippen molar-refractivity contribution in [2.24, 2.45) is 4.99 Å². The van der Waals surface area contributed by atoms with Gasteiger partial charge in [0.2, 0.25) is 0 Å². The van der Waals surface area contributed by atoms with Gasteiger partial charge < -0.3 is 10.3 Å². The van der Waals surface area contributed by atoms with E-state index in [1.165, 1.54) is 36.1 Å². The average molecular weight is 383 g/mol. The van der Waals surface area contributed by atoms with Crippen LogP contribution in [0.2, 0.25) is 0 Å². The molecule has 1 aliphatic heterocycles. The number of hydrogen-bond acceptors (Lipinski definition) is 3. The fourth-order valence-corrected chi connectivity index (χ4v) is 3.89. The van der Waals surface area contributed by atoms with Gasteiger partial charge >= 0.3 is 12.3 Å². The summed E-state index contributed by atoms with van der Waals surface area (Å²) in [6, 6.07) is 7.16. The van der Waals surface area contributed by atoms with Gasteiger partial charge in [-0.3, -0.25) is 0 Å². The number of aromatic nitrogens is 1. The Bertz CT molecular complexity index is 898. The molecule has 3 rings (SSSR count). The Morgan fingerprint density at radius 1 is 1.23 bits per heavy atom. The van der Waals surface area contributed by atoms with Gasteiger partial charge in [0.15, 0.2) is 12.4 Å². The topological polar surface area (TPSA) is 79.8 Å². The van der Waals surface area contributed by atoms with Crippen LogP contribution in [0.25, 0.3) is 5.70 Å². The highest BCUT2D eigenvalue weighted by Gasteiger charge is 2.32. The second-order valence-electron chi connectivity index (χ2n) is 5.23. The summed E-state index contributed by atoms with van der Waals surface area (Å²) in [4.78, 5) is 15.8. The van der Waals surface area contributed by atoms with Crippen LogP contribution in [0, 0.1) is 5.21 Å². The van der Waals surface area contributed by atoms with Gasteiger partial charge in [-0.1, -0.05) is 6.07 Å². The molecule has 0 spiro atoms. The van der Waals surface area contributed by atoms with Gasteiger partial charge in [-0.15, -0.1) is 11.1 Å². The van der Waals surface area contributed by atoms with E-state index in [9.17, 15) is 28.3 Å². The second-order valence-corrected chi connectivity index (χ2v) is 6.88. The summed E-state index contributed by atoms with van der Waals surface area (Å²) in [6.45, 7) is 0. The quantitative estimate of drug-likeness (QED) is 0.481. The number of halogens is 3. The summed E-state index contributed by atoms with van der Waals surface area (Å²) < 4.78 is 40.2. The first-order chi connectivity index (χ1) is 12.3. The first-order valence-corrected chi connectivity index (χ1v) is 8.63. The van der Waals surface area contributed by atoms with Crippen LogP contribution in [0.15, 0.2) is 59.2 Å². The number of rotatable bonds is 3. The van der Waals surface area contributed by atoms with Crippen LogP contribution in [0.5, 0.6) is 0 Å². The number of amides is 1. The highest BCUT2D eigenvalue weighted by molar-refractivity contribution is 8.32. The van der Waals surface area contributed by atoms with Crippen molar-refractivity contribution in [2.45, 2.75) is 6.18 Å². The maximum absolute atomic E-state index is 12.9. The number of hydrogen-bond donors (Lipinski definition) is 2. The molecule has 0 aliphatic carbocycles. The summed E-state index contributed by atoms with van der Waals surface area (Å²) in [6.07, 6.45) is -3.41. The molecule has 0 fully saturated rings. The summed E-state index contributed by atoms with van der Waals surface area (Å²) in [5.74, 6) is 0. The zero-order chi connectivity index (χ0) is 18.9. The minimum absolute atomic E-state index is 0.0900. The van der Waals surface area contributed by atoms with Gasteiger partial charge in [-0.2, -0.15) is 17.9 Å². The molecule has 1 unspecified atom stereocenters. The highest BCUT2D eigenvalue weighted by atomic mass is 32.2. The molecular weight excluding hydrogens is 371 g/mol. The summed E-state index contributed by atoms with van der Waals surface area (Å²) in [5, 5.41) is 22.1. The van der Waals surface area contributed by atoms with E-state index in [0.717, 1.165) is 22.5 Å². The number of alkyl halides is 3. The molecule has 2 heterocycles. The number of pyridine rings is 1. The zero-order valence-electron chi connectivity index (χ0n) is 13.0. The number of benzene rings is 1. The molecular formula is C16H12F3N3O3S. The van der Waals surface area contributed by atoms with E-state index in [1.807, 2.05) is 0 Å². The third kappa shape index (κ3) is 3.64. The van der Waals surface area contributed by atoms with E-state index >= 15 is 0 Å². The van der Waals surface area contributed by atoms with E-state index in [4.69, 9.17) is 0 Å². The van der Waals surface area contributed by atoms with Gasteiger partial charge in [0, 0.05) is 23.1 Å². The molecule has 10 heteroatoms. The SMILES string of the molecule is O=C(O)N(c1cccc(C(F)(F)F)c1)[SH]1C=NC(c2cc[n+]([O-])cc2)=C1. The number of anilines is 1. The Hall–Kier alpha value is -3.01. The third-order valence-electron chi connectivity index (χ3n) is 3.50. The van der Waals surface area contributed by atoms with Crippen LogP contribution in [-0.2, 0) is 6.18 Å². The number of aliphatic imine (C=N–C) groups is 1. The first kappa shape index (κ1) is 17.8. The van der Waals surface area contributed by atoms with Gasteiger partial charge in [0.25, 0.3) is 0 Å². The molecule has 1 atom stereocenters. The molecule has 0 bridgehead atoms. The molecule has 26 heavy (non-hydrogen) atoms. The minimum atomic E-state index is -4.57. The summed E-state index contributed by atoms with van der Waals surface area (Å²) >= 11 is -1.62. The first-order valence-electron chi connectivity index (χ1n) is 7.19. The number of thiol groups is 1. The molecule has 136 valence electrons. The van der Waals surface area contributed by atoms with Gasteiger partial charge in [0.05, 0.1) is 22.5 Å². The van der Waals surface area contributed by atoms with E-state index in [-0.39, 0.29) is 5.69 Å². The fraction of sp³-hybridized carbons (Fsp3) is 0.0625. The van der Waals surface area contributed by atoms with Crippen LogP contribution in [0.4, 0.5) is 23.7 Å². The zero-order valence-corrected chi connectivity index (χ0v) is 13.9. The molecule has 1 N–H and O–H groups in total. The van der Waals surface area contributed by atoms with E-state index < -0.39 is 28.9 Å². The molecule has 6 nitrogen and oxygen atoms in total. The fourth-order valence-electron chi connectivity index (χ4n) is 2.31. The standard InChI is InChI=1S/C16H12F3N3O3S/c17-16(18,19)12-2-1-3-13(8-12)22(15(23)24)26-9-14(20-10-26)11-4-6-21(25)7-5-11/h1-10,26H,(H,23,24). The lowest BCUT2D eigenvalue weighted by molar-refractivity contribution is -0.605. The molecule has 1 aromatic heterocycles. The molecule has 2 aromatic rings. The average Bonchev–Trinajstić information content (AvgIpc) is 3.04. The maximum atomic E-state index is 12.9. The van der Waals surface area contributed by atoms with Crippen LogP contribution in [0.3, 0.4) is 0 Å². The van der Waals surface area contributed by atoms with Crippen molar-refractivity contribution >= 4 is 34.1 Å². The van der Waals surface area contributed by atoms with Crippen molar-refractivity contribution in [2.75, 3.05) is 4.31 Å². The lowest BCUT2D eigenvalue weighted by Gasteiger charge is -2.26. The predicted octanol–water partition coefficient (Wildman–Crippen LogP) is 3.78. The van der Waals surface area contributed by atoms with Crippen molar-refractivity contribution in [1.82, 2.24) is 0 Å². The van der Waals surface area contributed by atoms with E-state index in [1.54, 1.807) is 5.41 Å². The lowest BCUT2D eigenvalue weighted by atomic mass is 10.2.